The first-order chi connectivity index (χ1) is 6.14. The molecule has 0 N–H and O–H groups in total. The zero-order valence-electron chi connectivity index (χ0n) is 7.87. The summed E-state index contributed by atoms with van der Waals surface area (Å²) in [6, 6.07) is 0. The molecule has 13 heavy (non-hydrogen) atoms. The van der Waals surface area contributed by atoms with Crippen LogP contribution in [0.5, 0.6) is 0 Å². The van der Waals surface area contributed by atoms with Crippen molar-refractivity contribution < 1.29 is 17.8 Å². The minimum atomic E-state index is -4.26. The average Bonchev–Trinajstić information content (AvgIpc) is 2.32. The lowest BCUT2D eigenvalue weighted by atomic mass is 10.2. The molecule has 0 aromatic carbocycles. The molecule has 1 atom stereocenters. The van der Waals surface area contributed by atoms with Crippen molar-refractivity contribution in [3.63, 3.8) is 0 Å². The summed E-state index contributed by atoms with van der Waals surface area (Å²) in [5.41, 5.74) is 0. The van der Waals surface area contributed by atoms with Crippen molar-refractivity contribution in [1.82, 2.24) is 0 Å². The number of halogens is 1. The first-order valence-electron chi connectivity index (χ1n) is 4.68. The normalized spacial score (nSPS) is 25.1. The monoisotopic (exact) mass is 210 g/mol. The third kappa shape index (κ3) is 4.21. The summed E-state index contributed by atoms with van der Waals surface area (Å²) in [4.78, 5) is 0. The van der Waals surface area contributed by atoms with Crippen LogP contribution in [0, 0.1) is 0 Å². The van der Waals surface area contributed by atoms with Crippen molar-refractivity contribution in [1.29, 1.82) is 0 Å². The van der Waals surface area contributed by atoms with E-state index in [1.165, 1.54) is 0 Å². The predicted molar refractivity (Wildman–Crippen MR) is 48.3 cm³/mol. The first kappa shape index (κ1) is 11.2. The van der Waals surface area contributed by atoms with E-state index in [1.54, 1.807) is 0 Å². The summed E-state index contributed by atoms with van der Waals surface area (Å²) in [7, 11) is -3.19. The van der Waals surface area contributed by atoms with Gasteiger partial charge in [-0.15, -0.1) is 4.20 Å². The van der Waals surface area contributed by atoms with Crippen LogP contribution >= 0.6 is 7.91 Å². The van der Waals surface area contributed by atoms with Gasteiger partial charge in [0.05, 0.1) is 6.10 Å². The molecule has 78 valence electrons. The van der Waals surface area contributed by atoms with Gasteiger partial charge in [-0.05, 0) is 12.8 Å². The van der Waals surface area contributed by atoms with Gasteiger partial charge in [0.1, 0.15) is 0 Å². The van der Waals surface area contributed by atoms with Crippen LogP contribution in [-0.2, 0) is 13.6 Å². The van der Waals surface area contributed by atoms with Gasteiger partial charge in [0, 0.05) is 7.11 Å². The molecule has 3 nitrogen and oxygen atoms in total. The van der Waals surface area contributed by atoms with Gasteiger partial charge in [-0.1, -0.05) is 25.7 Å². The first-order valence-corrected chi connectivity index (χ1v) is 6.11. The van der Waals surface area contributed by atoms with Crippen LogP contribution in [-0.4, -0.2) is 13.2 Å². The van der Waals surface area contributed by atoms with Crippen molar-refractivity contribution >= 4 is 7.91 Å². The molecule has 1 fully saturated rings. The maximum absolute atomic E-state index is 12.8. The maximum Gasteiger partial charge on any atom is 0.513 e. The molecule has 1 saturated carbocycles. The molecule has 0 aromatic heterocycles. The predicted octanol–water partition coefficient (Wildman–Crippen LogP) is 3.45. The van der Waals surface area contributed by atoms with E-state index in [0.29, 0.717) is 0 Å². The second-order valence-electron chi connectivity index (χ2n) is 3.33. The largest absolute Gasteiger partial charge is 0.513 e. The standard InChI is InChI=1S/C8H16FO3P/c1-11-13(9,10)12-8-6-4-2-3-5-7-8/h8H,2-7H2,1H3. The summed E-state index contributed by atoms with van der Waals surface area (Å²) in [5.74, 6) is 0. The van der Waals surface area contributed by atoms with Crippen LogP contribution in [0.2, 0.25) is 0 Å². The Balaban J connectivity index is 2.38. The summed E-state index contributed by atoms with van der Waals surface area (Å²) < 4.78 is 32.6. The van der Waals surface area contributed by atoms with Gasteiger partial charge in [-0.25, -0.2) is 4.57 Å². The van der Waals surface area contributed by atoms with Gasteiger partial charge < -0.3 is 0 Å². The second kappa shape index (κ2) is 5.08. The van der Waals surface area contributed by atoms with Gasteiger partial charge in [0.2, 0.25) is 0 Å². The zero-order chi connectivity index (χ0) is 9.73. The third-order valence-corrected chi connectivity index (χ3v) is 3.28. The summed E-state index contributed by atoms with van der Waals surface area (Å²) in [6.45, 7) is 0. The molecular weight excluding hydrogens is 194 g/mol. The molecule has 1 rings (SSSR count). The Morgan fingerprint density at radius 3 is 2.23 bits per heavy atom. The highest BCUT2D eigenvalue weighted by atomic mass is 31.2. The van der Waals surface area contributed by atoms with Crippen LogP contribution in [0.1, 0.15) is 38.5 Å². The fraction of sp³-hybridized carbons (Fsp3) is 1.00. The van der Waals surface area contributed by atoms with Gasteiger partial charge in [0.25, 0.3) is 0 Å². The summed E-state index contributed by atoms with van der Waals surface area (Å²) in [6.07, 6.45) is 5.71. The molecule has 0 amide bonds. The Labute approximate surface area is 78.3 Å². The number of hydrogen-bond donors (Lipinski definition) is 0. The van der Waals surface area contributed by atoms with E-state index >= 15 is 0 Å². The Kier molecular flexibility index (Phi) is 4.36. The van der Waals surface area contributed by atoms with E-state index in [-0.39, 0.29) is 6.10 Å². The highest BCUT2D eigenvalue weighted by Crippen LogP contribution is 2.51. The molecule has 0 heterocycles. The quantitative estimate of drug-likeness (QED) is 0.528. The SMILES string of the molecule is COP(=O)(F)OC1CCCCCC1. The van der Waals surface area contributed by atoms with Crippen LogP contribution in [0.15, 0.2) is 0 Å². The summed E-state index contributed by atoms with van der Waals surface area (Å²) in [5, 5.41) is 0. The van der Waals surface area contributed by atoms with E-state index in [9.17, 15) is 8.76 Å². The smallest absolute Gasteiger partial charge is 0.287 e. The number of rotatable bonds is 3. The molecule has 0 aromatic rings. The molecule has 0 bridgehead atoms. The van der Waals surface area contributed by atoms with Crippen molar-refractivity contribution in [3.8, 4) is 0 Å². The molecule has 0 radical (unpaired) electrons. The Morgan fingerprint density at radius 2 is 1.77 bits per heavy atom. The highest BCUT2D eigenvalue weighted by Gasteiger charge is 2.27. The van der Waals surface area contributed by atoms with E-state index < -0.39 is 7.91 Å². The minimum Gasteiger partial charge on any atom is -0.287 e. The van der Waals surface area contributed by atoms with E-state index in [4.69, 9.17) is 4.52 Å². The minimum absolute atomic E-state index is 0.224. The van der Waals surface area contributed by atoms with E-state index in [2.05, 4.69) is 4.52 Å². The molecule has 1 unspecified atom stereocenters. The third-order valence-electron chi connectivity index (χ3n) is 2.30. The Morgan fingerprint density at radius 1 is 1.23 bits per heavy atom. The van der Waals surface area contributed by atoms with Crippen molar-refractivity contribution in [2.75, 3.05) is 7.11 Å². The van der Waals surface area contributed by atoms with Crippen LogP contribution in [0.4, 0.5) is 4.20 Å². The van der Waals surface area contributed by atoms with Gasteiger partial charge in [-0.3, -0.25) is 9.05 Å². The van der Waals surface area contributed by atoms with Crippen LogP contribution in [0.25, 0.3) is 0 Å². The molecular formula is C8H16FO3P. The van der Waals surface area contributed by atoms with Crippen molar-refractivity contribution in [2.45, 2.75) is 44.6 Å². The highest BCUT2D eigenvalue weighted by molar-refractivity contribution is 7.48. The molecule has 0 spiro atoms. The Bertz CT molecular complexity index is 190. The maximum atomic E-state index is 12.8. The fourth-order valence-corrected chi connectivity index (χ4v) is 2.22. The van der Waals surface area contributed by atoms with Gasteiger partial charge >= 0.3 is 7.91 Å². The fourth-order valence-electron chi connectivity index (χ4n) is 1.57. The lowest BCUT2D eigenvalue weighted by Gasteiger charge is -2.16. The summed E-state index contributed by atoms with van der Waals surface area (Å²) >= 11 is 0. The zero-order valence-corrected chi connectivity index (χ0v) is 8.76. The van der Waals surface area contributed by atoms with E-state index in [1.807, 2.05) is 0 Å². The lowest BCUT2D eigenvalue weighted by Crippen LogP contribution is -2.09. The van der Waals surface area contributed by atoms with Gasteiger partial charge in [0.15, 0.2) is 0 Å². The number of hydrogen-bond acceptors (Lipinski definition) is 3. The molecule has 1 aliphatic carbocycles. The topological polar surface area (TPSA) is 35.5 Å². The lowest BCUT2D eigenvalue weighted by molar-refractivity contribution is 0.126. The van der Waals surface area contributed by atoms with E-state index in [0.717, 1.165) is 45.6 Å². The van der Waals surface area contributed by atoms with Crippen molar-refractivity contribution in [2.24, 2.45) is 0 Å². The molecule has 1 aliphatic rings. The van der Waals surface area contributed by atoms with Crippen molar-refractivity contribution in [3.05, 3.63) is 0 Å². The second-order valence-corrected chi connectivity index (χ2v) is 4.77. The van der Waals surface area contributed by atoms with Crippen LogP contribution in [0.3, 0.4) is 0 Å². The molecule has 0 saturated heterocycles. The molecule has 5 heteroatoms. The molecule has 0 aliphatic heterocycles. The Hall–Kier alpha value is 0.0800. The van der Waals surface area contributed by atoms with Crippen LogP contribution < -0.4 is 0 Å². The van der Waals surface area contributed by atoms with Gasteiger partial charge in [-0.2, -0.15) is 0 Å². The average molecular weight is 210 g/mol.